The zero-order valence-electron chi connectivity index (χ0n) is 14.9. The van der Waals surface area contributed by atoms with E-state index in [0.29, 0.717) is 13.0 Å². The van der Waals surface area contributed by atoms with Gasteiger partial charge in [0.15, 0.2) is 0 Å². The van der Waals surface area contributed by atoms with Gasteiger partial charge in [-0.1, -0.05) is 20.8 Å². The number of nitrogens with zero attached hydrogens (tertiary/aromatic N) is 1. The van der Waals surface area contributed by atoms with E-state index in [2.05, 4.69) is 15.4 Å². The summed E-state index contributed by atoms with van der Waals surface area (Å²) in [6.07, 6.45) is 0.761. The first-order chi connectivity index (χ1) is 10.6. The van der Waals surface area contributed by atoms with Gasteiger partial charge in [-0.3, -0.25) is 9.59 Å². The van der Waals surface area contributed by atoms with E-state index in [0.717, 1.165) is 6.42 Å². The lowest BCUT2D eigenvalue weighted by Crippen LogP contribution is -2.58. The first-order valence-electron chi connectivity index (χ1n) is 8.03. The van der Waals surface area contributed by atoms with Crippen LogP contribution in [0, 0.1) is 5.41 Å². The van der Waals surface area contributed by atoms with Gasteiger partial charge < -0.3 is 20.3 Å². The SMILES string of the molecule is COC(=O)N[C@H](C(=O)N1CCC[C@H]1C(=O)NC(C)C)C(C)(C)C. The van der Waals surface area contributed by atoms with E-state index in [9.17, 15) is 14.4 Å². The molecule has 1 fully saturated rings. The highest BCUT2D eigenvalue weighted by Gasteiger charge is 2.42. The van der Waals surface area contributed by atoms with Crippen molar-refractivity contribution in [3.63, 3.8) is 0 Å². The minimum Gasteiger partial charge on any atom is -0.453 e. The molecule has 2 atom stereocenters. The molecule has 2 N–H and O–H groups in total. The largest absolute Gasteiger partial charge is 0.453 e. The summed E-state index contributed by atoms with van der Waals surface area (Å²) in [5.74, 6) is -0.388. The summed E-state index contributed by atoms with van der Waals surface area (Å²) in [6, 6.07) is -1.21. The van der Waals surface area contributed by atoms with Crippen LogP contribution in [0.15, 0.2) is 0 Å². The van der Waals surface area contributed by atoms with Crippen LogP contribution in [-0.2, 0) is 14.3 Å². The number of hydrogen-bond donors (Lipinski definition) is 2. The van der Waals surface area contributed by atoms with Gasteiger partial charge in [-0.25, -0.2) is 4.79 Å². The smallest absolute Gasteiger partial charge is 0.407 e. The van der Waals surface area contributed by atoms with Crippen LogP contribution in [0.4, 0.5) is 4.79 Å². The molecule has 3 amide bonds. The molecule has 0 unspecified atom stereocenters. The maximum atomic E-state index is 12.9. The number of alkyl carbamates (subject to hydrolysis) is 1. The molecule has 23 heavy (non-hydrogen) atoms. The molecule has 0 aromatic carbocycles. The van der Waals surface area contributed by atoms with Gasteiger partial charge in [0.25, 0.3) is 0 Å². The van der Waals surface area contributed by atoms with Gasteiger partial charge in [0, 0.05) is 12.6 Å². The second-order valence-corrected chi connectivity index (χ2v) is 7.29. The lowest BCUT2D eigenvalue weighted by atomic mass is 9.85. The van der Waals surface area contributed by atoms with E-state index < -0.39 is 23.6 Å². The van der Waals surface area contributed by atoms with Gasteiger partial charge >= 0.3 is 6.09 Å². The molecule has 0 saturated carbocycles. The van der Waals surface area contributed by atoms with Gasteiger partial charge in [0.1, 0.15) is 12.1 Å². The molecule has 0 aromatic rings. The lowest BCUT2D eigenvalue weighted by molar-refractivity contribution is -0.142. The van der Waals surface area contributed by atoms with E-state index >= 15 is 0 Å². The molecule has 0 radical (unpaired) electrons. The Bertz CT molecular complexity index is 457. The first kappa shape index (κ1) is 19.3. The molecule has 1 heterocycles. The van der Waals surface area contributed by atoms with E-state index in [4.69, 9.17) is 0 Å². The predicted octanol–water partition coefficient (Wildman–Crippen LogP) is 1.27. The number of amides is 3. The molecule has 1 rings (SSSR count). The number of carbonyl (C=O) groups excluding carboxylic acids is 3. The van der Waals surface area contributed by atoms with Crippen LogP contribution in [0.1, 0.15) is 47.5 Å². The normalized spacial score (nSPS) is 19.4. The van der Waals surface area contributed by atoms with Crippen LogP contribution < -0.4 is 10.6 Å². The summed E-state index contributed by atoms with van der Waals surface area (Å²) in [7, 11) is 1.26. The summed E-state index contributed by atoms with van der Waals surface area (Å²) in [5.41, 5.74) is -0.493. The third kappa shape index (κ3) is 5.11. The van der Waals surface area contributed by atoms with Crippen LogP contribution in [0.3, 0.4) is 0 Å². The Morgan fingerprint density at radius 1 is 1.17 bits per heavy atom. The summed E-state index contributed by atoms with van der Waals surface area (Å²) >= 11 is 0. The fourth-order valence-electron chi connectivity index (χ4n) is 2.68. The Kier molecular flexibility index (Phi) is 6.41. The second-order valence-electron chi connectivity index (χ2n) is 7.29. The van der Waals surface area contributed by atoms with Crippen molar-refractivity contribution in [3.05, 3.63) is 0 Å². The van der Waals surface area contributed by atoms with E-state index in [1.807, 2.05) is 34.6 Å². The maximum Gasteiger partial charge on any atom is 0.407 e. The van der Waals surface area contributed by atoms with Crippen LogP contribution in [-0.4, -0.2) is 54.6 Å². The molecule has 1 aliphatic rings. The fourth-order valence-corrected chi connectivity index (χ4v) is 2.68. The topological polar surface area (TPSA) is 87.7 Å². The average molecular weight is 327 g/mol. The number of hydrogen-bond acceptors (Lipinski definition) is 4. The Morgan fingerprint density at radius 3 is 2.26 bits per heavy atom. The van der Waals surface area contributed by atoms with Crippen LogP contribution in [0.2, 0.25) is 0 Å². The number of rotatable bonds is 4. The van der Waals surface area contributed by atoms with Crippen molar-refractivity contribution in [1.29, 1.82) is 0 Å². The molecular formula is C16H29N3O4. The van der Waals surface area contributed by atoms with Crippen LogP contribution >= 0.6 is 0 Å². The molecule has 0 aliphatic carbocycles. The second kappa shape index (κ2) is 7.66. The number of nitrogens with one attached hydrogen (secondary N) is 2. The van der Waals surface area contributed by atoms with Gasteiger partial charge in [-0.05, 0) is 32.1 Å². The predicted molar refractivity (Wildman–Crippen MR) is 86.8 cm³/mol. The van der Waals surface area contributed by atoms with Crippen LogP contribution in [0.25, 0.3) is 0 Å². The summed E-state index contributed by atoms with van der Waals surface area (Å²) in [6.45, 7) is 9.89. The summed E-state index contributed by atoms with van der Waals surface area (Å²) in [5, 5.41) is 5.45. The van der Waals surface area contributed by atoms with E-state index in [1.54, 1.807) is 4.90 Å². The van der Waals surface area contributed by atoms with Crippen molar-refractivity contribution in [3.8, 4) is 0 Å². The zero-order valence-corrected chi connectivity index (χ0v) is 14.9. The van der Waals surface area contributed by atoms with Crippen molar-refractivity contribution < 1.29 is 19.1 Å². The summed E-state index contributed by atoms with van der Waals surface area (Å²) in [4.78, 5) is 38.4. The third-order valence-corrected chi connectivity index (χ3v) is 3.83. The molecule has 0 spiro atoms. The Morgan fingerprint density at radius 2 is 1.78 bits per heavy atom. The molecule has 0 bridgehead atoms. The highest BCUT2D eigenvalue weighted by Crippen LogP contribution is 2.26. The molecule has 1 aliphatic heterocycles. The Balaban J connectivity index is 2.93. The number of methoxy groups -OCH3 is 1. The van der Waals surface area contributed by atoms with Crippen molar-refractivity contribution >= 4 is 17.9 Å². The minimum atomic E-state index is -0.748. The molecule has 7 heteroatoms. The standard InChI is InChI=1S/C16H29N3O4/c1-10(2)17-13(20)11-8-7-9-19(11)14(21)12(16(3,4)5)18-15(22)23-6/h10-12H,7-9H2,1-6H3,(H,17,20)(H,18,22)/t11-,12+/m0/s1. The fraction of sp³-hybridized carbons (Fsp3) is 0.812. The van der Waals surface area contributed by atoms with Gasteiger partial charge in [-0.2, -0.15) is 0 Å². The molecule has 7 nitrogen and oxygen atoms in total. The third-order valence-electron chi connectivity index (χ3n) is 3.83. The van der Waals surface area contributed by atoms with E-state index in [1.165, 1.54) is 7.11 Å². The lowest BCUT2D eigenvalue weighted by Gasteiger charge is -2.35. The van der Waals surface area contributed by atoms with Gasteiger partial charge in [0.05, 0.1) is 7.11 Å². The monoisotopic (exact) mass is 327 g/mol. The Hall–Kier alpha value is -1.79. The number of ether oxygens (including phenoxy) is 1. The van der Waals surface area contributed by atoms with Crippen molar-refractivity contribution in [1.82, 2.24) is 15.5 Å². The van der Waals surface area contributed by atoms with Gasteiger partial charge in [-0.15, -0.1) is 0 Å². The highest BCUT2D eigenvalue weighted by molar-refractivity contribution is 5.92. The minimum absolute atomic E-state index is 0.0201. The molecular weight excluding hydrogens is 298 g/mol. The Labute approximate surface area is 138 Å². The maximum absolute atomic E-state index is 12.9. The van der Waals surface area contributed by atoms with Crippen molar-refractivity contribution in [2.45, 2.75) is 65.6 Å². The molecule has 0 aromatic heterocycles. The molecule has 1 saturated heterocycles. The average Bonchev–Trinajstić information content (AvgIpc) is 2.91. The van der Waals surface area contributed by atoms with E-state index in [-0.39, 0.29) is 17.9 Å². The van der Waals surface area contributed by atoms with Crippen molar-refractivity contribution in [2.75, 3.05) is 13.7 Å². The number of likely N-dealkylation sites (tertiary alicyclic amines) is 1. The quantitative estimate of drug-likeness (QED) is 0.814. The summed E-state index contributed by atoms with van der Waals surface area (Å²) < 4.78 is 4.62. The first-order valence-corrected chi connectivity index (χ1v) is 8.03. The van der Waals surface area contributed by atoms with Crippen molar-refractivity contribution in [2.24, 2.45) is 5.41 Å². The van der Waals surface area contributed by atoms with Crippen LogP contribution in [0.5, 0.6) is 0 Å². The number of carbonyl (C=O) groups is 3. The highest BCUT2D eigenvalue weighted by atomic mass is 16.5. The molecule has 132 valence electrons. The zero-order chi connectivity index (χ0) is 17.8. The van der Waals surface area contributed by atoms with Gasteiger partial charge in [0.2, 0.25) is 11.8 Å².